The molecule has 134 valence electrons. The monoisotopic (exact) mass is 342 g/mol. The first kappa shape index (κ1) is 17.6. The maximum atomic E-state index is 12.7. The van der Waals surface area contributed by atoms with E-state index in [9.17, 15) is 9.90 Å². The van der Waals surface area contributed by atoms with E-state index in [1.165, 1.54) is 0 Å². The molecule has 1 amide bonds. The van der Waals surface area contributed by atoms with Gasteiger partial charge in [0.25, 0.3) is 0 Å². The first-order valence-corrected chi connectivity index (χ1v) is 8.77. The van der Waals surface area contributed by atoms with Gasteiger partial charge in [0.2, 0.25) is 5.91 Å². The molecule has 6 nitrogen and oxygen atoms in total. The normalized spacial score (nSPS) is 20.5. The van der Waals surface area contributed by atoms with Gasteiger partial charge in [-0.2, -0.15) is 0 Å². The highest BCUT2D eigenvalue weighted by atomic mass is 16.3. The van der Waals surface area contributed by atoms with Crippen molar-refractivity contribution < 1.29 is 9.90 Å². The number of likely N-dealkylation sites (tertiary alicyclic amines) is 1. The number of nitrogens with zero attached hydrogens (tertiary/aromatic N) is 4. The molecule has 1 aliphatic heterocycles. The summed E-state index contributed by atoms with van der Waals surface area (Å²) in [5.41, 5.74) is 2.75. The second kappa shape index (κ2) is 6.59. The third-order valence-corrected chi connectivity index (χ3v) is 4.96. The van der Waals surface area contributed by atoms with E-state index in [0.29, 0.717) is 25.1 Å². The van der Waals surface area contributed by atoms with Gasteiger partial charge in [-0.1, -0.05) is 29.0 Å². The predicted molar refractivity (Wildman–Crippen MR) is 95.1 cm³/mol. The van der Waals surface area contributed by atoms with Crippen molar-refractivity contribution in [2.24, 2.45) is 0 Å². The fourth-order valence-corrected chi connectivity index (χ4v) is 3.22. The third kappa shape index (κ3) is 3.58. The predicted octanol–water partition coefficient (Wildman–Crippen LogP) is 2.14. The van der Waals surface area contributed by atoms with E-state index in [0.717, 1.165) is 16.7 Å². The summed E-state index contributed by atoms with van der Waals surface area (Å²) in [7, 11) is 0. The first-order chi connectivity index (χ1) is 11.8. The van der Waals surface area contributed by atoms with Crippen molar-refractivity contribution in [2.45, 2.75) is 52.2 Å². The minimum absolute atomic E-state index is 0.0425. The van der Waals surface area contributed by atoms with Crippen LogP contribution in [0, 0.1) is 13.8 Å². The van der Waals surface area contributed by atoms with Gasteiger partial charge in [-0.25, -0.2) is 4.68 Å². The van der Waals surface area contributed by atoms with Gasteiger partial charge in [0.15, 0.2) is 0 Å². The molecule has 1 aromatic heterocycles. The number of aliphatic hydroxyl groups is 1. The number of hydrogen-bond donors (Lipinski definition) is 1. The lowest BCUT2D eigenvalue weighted by Crippen LogP contribution is -2.35. The zero-order chi connectivity index (χ0) is 18.2. The Labute approximate surface area is 148 Å². The maximum absolute atomic E-state index is 12.7. The van der Waals surface area contributed by atoms with Gasteiger partial charge in [-0.05, 0) is 38.8 Å². The van der Waals surface area contributed by atoms with Gasteiger partial charge in [0.1, 0.15) is 11.3 Å². The summed E-state index contributed by atoms with van der Waals surface area (Å²) in [4.78, 5) is 14.4. The number of aryl methyl sites for hydroxylation is 2. The van der Waals surface area contributed by atoms with Gasteiger partial charge < -0.3 is 10.0 Å². The van der Waals surface area contributed by atoms with Crippen LogP contribution < -0.4 is 0 Å². The van der Waals surface area contributed by atoms with Crippen molar-refractivity contribution in [3.63, 3.8) is 0 Å². The van der Waals surface area contributed by atoms with Crippen LogP contribution in [-0.2, 0) is 16.8 Å². The van der Waals surface area contributed by atoms with Crippen LogP contribution in [0.1, 0.15) is 48.7 Å². The molecule has 6 heteroatoms. The van der Waals surface area contributed by atoms with Gasteiger partial charge in [0.05, 0.1) is 19.2 Å². The SMILES string of the molecule is Cc1ccc(C)c(CC(=O)N2CCC(O)(c3cn(C(C)C)nn3)C2)c1. The highest BCUT2D eigenvalue weighted by Gasteiger charge is 2.41. The van der Waals surface area contributed by atoms with E-state index in [-0.39, 0.29) is 18.5 Å². The lowest BCUT2D eigenvalue weighted by molar-refractivity contribution is -0.130. The first-order valence-electron chi connectivity index (χ1n) is 8.77. The number of β-amino-alcohol motifs (C(OH)–C–C–N with tert-alkyl or cyclic N) is 1. The molecule has 2 aromatic rings. The summed E-state index contributed by atoms with van der Waals surface area (Å²) in [6, 6.07) is 6.34. The molecule has 1 aromatic carbocycles. The molecular weight excluding hydrogens is 316 g/mol. The topological polar surface area (TPSA) is 71.2 Å². The molecule has 2 heterocycles. The molecular formula is C19H26N4O2. The third-order valence-electron chi connectivity index (χ3n) is 4.96. The van der Waals surface area contributed by atoms with E-state index in [4.69, 9.17) is 0 Å². The van der Waals surface area contributed by atoms with Crippen molar-refractivity contribution in [1.82, 2.24) is 19.9 Å². The largest absolute Gasteiger partial charge is 0.381 e. The molecule has 3 rings (SSSR count). The van der Waals surface area contributed by atoms with Crippen LogP contribution in [0.3, 0.4) is 0 Å². The summed E-state index contributed by atoms with van der Waals surface area (Å²) >= 11 is 0. The minimum atomic E-state index is -1.11. The Bertz CT molecular complexity index is 783. The van der Waals surface area contributed by atoms with Crippen LogP contribution in [-0.4, -0.2) is 44.0 Å². The Morgan fingerprint density at radius 1 is 1.36 bits per heavy atom. The van der Waals surface area contributed by atoms with Crippen LogP contribution in [0.25, 0.3) is 0 Å². The summed E-state index contributed by atoms with van der Waals surface area (Å²) < 4.78 is 1.73. The van der Waals surface area contributed by atoms with E-state index < -0.39 is 5.60 Å². The smallest absolute Gasteiger partial charge is 0.227 e. The van der Waals surface area contributed by atoms with Crippen LogP contribution in [0.5, 0.6) is 0 Å². The molecule has 0 bridgehead atoms. The summed E-state index contributed by atoms with van der Waals surface area (Å²) in [5.74, 6) is 0.0425. The van der Waals surface area contributed by atoms with E-state index in [1.54, 1.807) is 15.8 Å². The number of benzene rings is 1. The molecule has 0 radical (unpaired) electrons. The zero-order valence-electron chi connectivity index (χ0n) is 15.4. The molecule has 1 unspecified atom stereocenters. The van der Waals surface area contributed by atoms with Crippen LogP contribution >= 0.6 is 0 Å². The highest BCUT2D eigenvalue weighted by Crippen LogP contribution is 2.31. The van der Waals surface area contributed by atoms with Gasteiger partial charge >= 0.3 is 0 Å². The molecule has 1 fully saturated rings. The minimum Gasteiger partial charge on any atom is -0.381 e. The van der Waals surface area contributed by atoms with Crippen molar-refractivity contribution in [3.8, 4) is 0 Å². The molecule has 0 saturated carbocycles. The molecule has 1 aliphatic rings. The van der Waals surface area contributed by atoms with Crippen molar-refractivity contribution in [2.75, 3.05) is 13.1 Å². The Hall–Kier alpha value is -2.21. The fraction of sp³-hybridized carbons (Fsp3) is 0.526. The lowest BCUT2D eigenvalue weighted by Gasteiger charge is -2.21. The average molecular weight is 342 g/mol. The molecule has 0 spiro atoms. The van der Waals surface area contributed by atoms with Gasteiger partial charge in [0, 0.05) is 19.0 Å². The van der Waals surface area contributed by atoms with E-state index >= 15 is 0 Å². The lowest BCUT2D eigenvalue weighted by atomic mass is 10.00. The maximum Gasteiger partial charge on any atom is 0.227 e. The van der Waals surface area contributed by atoms with E-state index in [1.807, 2.05) is 33.8 Å². The molecule has 0 aliphatic carbocycles. The van der Waals surface area contributed by atoms with Crippen molar-refractivity contribution in [1.29, 1.82) is 0 Å². The molecule has 1 atom stereocenters. The Morgan fingerprint density at radius 2 is 2.12 bits per heavy atom. The Kier molecular flexibility index (Phi) is 4.64. The average Bonchev–Trinajstić information content (AvgIpc) is 3.19. The van der Waals surface area contributed by atoms with E-state index in [2.05, 4.69) is 22.4 Å². The molecule has 1 N–H and O–H groups in total. The standard InChI is InChI=1S/C19H26N4O2/c1-13(2)23-11-17(20-21-23)19(25)7-8-22(12-19)18(24)10-16-9-14(3)5-6-15(16)4/h5-6,9,11,13,25H,7-8,10,12H2,1-4H3. The highest BCUT2D eigenvalue weighted by molar-refractivity contribution is 5.79. The second-order valence-electron chi connectivity index (χ2n) is 7.38. The number of rotatable bonds is 4. The molecule has 1 saturated heterocycles. The Morgan fingerprint density at radius 3 is 2.80 bits per heavy atom. The molecule has 25 heavy (non-hydrogen) atoms. The quantitative estimate of drug-likeness (QED) is 0.924. The summed E-state index contributed by atoms with van der Waals surface area (Å²) in [6.07, 6.45) is 2.63. The number of hydrogen-bond acceptors (Lipinski definition) is 4. The fourth-order valence-electron chi connectivity index (χ4n) is 3.22. The zero-order valence-corrected chi connectivity index (χ0v) is 15.4. The van der Waals surface area contributed by atoms with Crippen molar-refractivity contribution in [3.05, 3.63) is 46.8 Å². The van der Waals surface area contributed by atoms with Crippen LogP contribution in [0.2, 0.25) is 0 Å². The number of aromatic nitrogens is 3. The number of amides is 1. The van der Waals surface area contributed by atoms with Crippen molar-refractivity contribution >= 4 is 5.91 Å². The number of carbonyl (C=O) groups excluding carboxylic acids is 1. The summed E-state index contributed by atoms with van der Waals surface area (Å²) in [6.45, 7) is 8.88. The Balaban J connectivity index is 1.70. The number of carbonyl (C=O) groups is 1. The summed E-state index contributed by atoms with van der Waals surface area (Å²) in [5, 5.41) is 19.1. The van der Waals surface area contributed by atoms with Crippen LogP contribution in [0.4, 0.5) is 0 Å². The van der Waals surface area contributed by atoms with Gasteiger partial charge in [-0.3, -0.25) is 4.79 Å². The van der Waals surface area contributed by atoms with Crippen LogP contribution in [0.15, 0.2) is 24.4 Å². The second-order valence-corrected chi connectivity index (χ2v) is 7.38. The van der Waals surface area contributed by atoms with Gasteiger partial charge in [-0.15, -0.1) is 5.10 Å².